The Morgan fingerprint density at radius 3 is 2.50 bits per heavy atom. The summed E-state index contributed by atoms with van der Waals surface area (Å²) in [5.41, 5.74) is 1.68. The Balaban J connectivity index is 0.00000102. The smallest absolute Gasteiger partial charge is 0.351 e. The number of anilines is 3. The van der Waals surface area contributed by atoms with E-state index in [-0.39, 0.29) is 24.5 Å². The maximum Gasteiger partial charge on any atom is 2.00 e. The van der Waals surface area contributed by atoms with Gasteiger partial charge in [-0.2, -0.15) is 24.6 Å². The number of nitrogens with one attached hydrogen (secondary N) is 1. The summed E-state index contributed by atoms with van der Waals surface area (Å²) in [7, 11) is 1.91. The molecular weight excluding hydrogens is 313 g/mol. The SMILES string of the molecule is CC(=O)Nc1cccnc1N(C)c1cc[c-]cc1.[CH2-]CC.[V+2]. The van der Waals surface area contributed by atoms with Crippen LogP contribution in [0.3, 0.4) is 0 Å². The second-order valence-corrected chi connectivity index (χ2v) is 4.37. The predicted molar refractivity (Wildman–Crippen MR) is 87.5 cm³/mol. The van der Waals surface area contributed by atoms with Crippen molar-refractivity contribution >= 4 is 23.1 Å². The fourth-order valence-electron chi connectivity index (χ4n) is 1.68. The molecule has 0 atom stereocenters. The van der Waals surface area contributed by atoms with Crippen molar-refractivity contribution in [3.05, 3.63) is 55.6 Å². The Labute approximate surface area is 144 Å². The van der Waals surface area contributed by atoms with E-state index in [0.717, 1.165) is 12.1 Å². The predicted octanol–water partition coefficient (Wildman–Crippen LogP) is 3.84. The molecule has 0 bridgehead atoms. The second kappa shape index (κ2) is 10.9. The van der Waals surface area contributed by atoms with E-state index in [1.54, 1.807) is 12.3 Å². The van der Waals surface area contributed by atoms with Crippen LogP contribution < -0.4 is 10.2 Å². The fourth-order valence-corrected chi connectivity index (χ4v) is 1.68. The second-order valence-electron chi connectivity index (χ2n) is 4.37. The minimum atomic E-state index is -0.112. The van der Waals surface area contributed by atoms with E-state index in [1.807, 2.05) is 49.2 Å². The summed E-state index contributed by atoms with van der Waals surface area (Å²) < 4.78 is 0. The maximum absolute atomic E-state index is 11.2. The Morgan fingerprint density at radius 1 is 1.36 bits per heavy atom. The van der Waals surface area contributed by atoms with Crippen LogP contribution in [0, 0.1) is 13.0 Å². The van der Waals surface area contributed by atoms with Crippen molar-refractivity contribution < 1.29 is 23.4 Å². The van der Waals surface area contributed by atoms with Crippen molar-refractivity contribution in [1.29, 1.82) is 0 Å². The minimum absolute atomic E-state index is 0. The van der Waals surface area contributed by atoms with Gasteiger partial charge in [0.05, 0.1) is 5.69 Å². The first-order valence-electron chi connectivity index (χ1n) is 6.81. The molecule has 5 heteroatoms. The molecule has 0 unspecified atom stereocenters. The zero-order chi connectivity index (χ0) is 15.7. The van der Waals surface area contributed by atoms with Gasteiger partial charge in [0.25, 0.3) is 0 Å². The molecule has 2 aromatic rings. The van der Waals surface area contributed by atoms with Crippen LogP contribution in [0.4, 0.5) is 17.2 Å². The van der Waals surface area contributed by atoms with Crippen LogP contribution in [-0.4, -0.2) is 17.9 Å². The average Bonchev–Trinajstić information content (AvgIpc) is 2.48. The molecule has 22 heavy (non-hydrogen) atoms. The van der Waals surface area contributed by atoms with Crippen molar-refractivity contribution in [3.8, 4) is 0 Å². The summed E-state index contributed by atoms with van der Waals surface area (Å²) in [4.78, 5) is 17.4. The molecule has 1 radical (unpaired) electrons. The molecule has 0 aliphatic heterocycles. The number of amides is 1. The Morgan fingerprint density at radius 2 is 1.95 bits per heavy atom. The van der Waals surface area contributed by atoms with Crippen molar-refractivity contribution in [2.45, 2.75) is 20.3 Å². The largest absolute Gasteiger partial charge is 2.00 e. The first-order chi connectivity index (χ1) is 10.1. The van der Waals surface area contributed by atoms with Gasteiger partial charge in [0.15, 0.2) is 5.82 Å². The van der Waals surface area contributed by atoms with Gasteiger partial charge in [0, 0.05) is 20.2 Å². The van der Waals surface area contributed by atoms with Crippen LogP contribution >= 0.6 is 0 Å². The number of carbonyl (C=O) groups is 1. The molecule has 4 nitrogen and oxygen atoms in total. The topological polar surface area (TPSA) is 45.2 Å². The summed E-state index contributed by atoms with van der Waals surface area (Å²) in [5.74, 6) is 0.595. The monoisotopic (exact) mass is 334 g/mol. The molecule has 0 aliphatic carbocycles. The van der Waals surface area contributed by atoms with Gasteiger partial charge >= 0.3 is 18.6 Å². The third-order valence-electron chi connectivity index (χ3n) is 2.50. The summed E-state index contributed by atoms with van der Waals surface area (Å²) in [6.45, 7) is 6.98. The molecule has 0 saturated heterocycles. The fraction of sp³-hybridized carbons (Fsp3) is 0.235. The molecule has 1 aromatic carbocycles. The van der Waals surface area contributed by atoms with Crippen molar-refractivity contribution in [3.63, 3.8) is 0 Å². The van der Waals surface area contributed by atoms with E-state index in [2.05, 4.69) is 23.3 Å². The first-order valence-corrected chi connectivity index (χ1v) is 6.81. The summed E-state index contributed by atoms with van der Waals surface area (Å²) in [6, 6.07) is 14.1. The van der Waals surface area contributed by atoms with Crippen molar-refractivity contribution in [1.82, 2.24) is 4.98 Å². The molecule has 0 aliphatic rings. The van der Waals surface area contributed by atoms with Gasteiger partial charge < -0.3 is 17.1 Å². The third kappa shape index (κ3) is 6.33. The zero-order valence-electron chi connectivity index (χ0n) is 13.2. The summed E-state index contributed by atoms with van der Waals surface area (Å²) in [5, 5.41) is 2.77. The number of hydrogen-bond acceptors (Lipinski definition) is 3. The van der Waals surface area contributed by atoms with Gasteiger partial charge in [-0.25, -0.2) is 4.98 Å². The molecule has 1 heterocycles. The van der Waals surface area contributed by atoms with Crippen LogP contribution in [0.15, 0.2) is 42.6 Å². The van der Waals surface area contributed by atoms with Gasteiger partial charge in [-0.15, -0.1) is 12.1 Å². The number of benzene rings is 1. The molecule has 1 N–H and O–H groups in total. The first kappa shape index (κ1) is 20.2. The Kier molecular flexibility index (Phi) is 10.0. The van der Waals surface area contributed by atoms with Gasteiger partial charge in [0.2, 0.25) is 5.91 Å². The number of hydrogen-bond donors (Lipinski definition) is 1. The zero-order valence-corrected chi connectivity index (χ0v) is 14.6. The van der Waals surface area contributed by atoms with Gasteiger partial charge in [-0.1, -0.05) is 12.6 Å². The Hall–Kier alpha value is -1.78. The molecule has 115 valence electrons. The molecule has 2 rings (SSSR count). The van der Waals surface area contributed by atoms with Crippen molar-refractivity contribution in [2.24, 2.45) is 0 Å². The normalized spacial score (nSPS) is 8.91. The van der Waals surface area contributed by atoms with E-state index in [9.17, 15) is 4.79 Å². The number of rotatable bonds is 3. The number of pyridine rings is 1. The standard InChI is InChI=1S/C14H14N3O.C3H7.V/c1-11(18)16-13-9-6-10-15-14(13)17(2)12-7-4-3-5-8-12;1-3-2;/h4-10H,1-2H3,(H,16,18);1,3H2,2H3;/q2*-1;+2. The van der Waals surface area contributed by atoms with Crippen LogP contribution in [0.25, 0.3) is 0 Å². The molecule has 0 saturated carbocycles. The van der Waals surface area contributed by atoms with Crippen LogP contribution in [0.5, 0.6) is 0 Å². The number of nitrogens with zero attached hydrogens (tertiary/aromatic N) is 2. The van der Waals surface area contributed by atoms with Gasteiger partial charge in [-0.3, -0.25) is 4.79 Å². The van der Waals surface area contributed by atoms with E-state index in [1.165, 1.54) is 6.92 Å². The summed E-state index contributed by atoms with van der Waals surface area (Å²) in [6.07, 6.45) is 2.70. The van der Waals surface area contributed by atoms with Gasteiger partial charge in [0.1, 0.15) is 0 Å². The molecular formula is C17H21N3OV. The van der Waals surface area contributed by atoms with E-state index >= 15 is 0 Å². The number of aromatic nitrogens is 1. The van der Waals surface area contributed by atoms with E-state index < -0.39 is 0 Å². The van der Waals surface area contributed by atoms with Crippen LogP contribution in [0.1, 0.15) is 20.3 Å². The van der Waals surface area contributed by atoms with Crippen LogP contribution in [0.2, 0.25) is 0 Å². The molecule has 1 aromatic heterocycles. The molecule has 0 spiro atoms. The maximum atomic E-state index is 11.2. The van der Waals surface area contributed by atoms with Crippen LogP contribution in [-0.2, 0) is 23.4 Å². The quantitative estimate of drug-likeness (QED) is 0.868. The average molecular weight is 334 g/mol. The van der Waals surface area contributed by atoms with E-state index in [4.69, 9.17) is 0 Å². The van der Waals surface area contributed by atoms with Crippen molar-refractivity contribution in [2.75, 3.05) is 17.3 Å². The summed E-state index contributed by atoms with van der Waals surface area (Å²) >= 11 is 0. The minimum Gasteiger partial charge on any atom is -0.351 e. The third-order valence-corrected chi connectivity index (χ3v) is 2.50. The van der Waals surface area contributed by atoms with Gasteiger partial charge in [-0.05, 0) is 12.1 Å². The van der Waals surface area contributed by atoms with E-state index in [0.29, 0.717) is 11.5 Å². The Bertz CT molecular complexity index is 561. The number of carbonyl (C=O) groups excluding carboxylic acids is 1. The molecule has 0 fully saturated rings. The molecule has 1 amide bonds.